The minimum absolute atomic E-state index is 0.0316. The summed E-state index contributed by atoms with van der Waals surface area (Å²) in [5.41, 5.74) is 0.887. The third-order valence-corrected chi connectivity index (χ3v) is 3.23. The monoisotopic (exact) mass is 284 g/mol. The SMILES string of the molecule is CCNCc1c(Cl)cccc1OCC(=O)N(C)CC. The number of rotatable bonds is 7. The van der Waals surface area contributed by atoms with Crippen molar-refractivity contribution < 1.29 is 9.53 Å². The number of benzene rings is 1. The molecule has 1 aromatic carbocycles. The lowest BCUT2D eigenvalue weighted by molar-refractivity contribution is -0.131. The van der Waals surface area contributed by atoms with Gasteiger partial charge < -0.3 is 15.0 Å². The molecule has 0 bridgehead atoms. The Morgan fingerprint density at radius 2 is 2.16 bits per heavy atom. The number of hydrogen-bond acceptors (Lipinski definition) is 3. The van der Waals surface area contributed by atoms with E-state index in [0.29, 0.717) is 23.9 Å². The summed E-state index contributed by atoms with van der Waals surface area (Å²) in [5.74, 6) is 0.614. The molecule has 1 aromatic rings. The zero-order valence-electron chi connectivity index (χ0n) is 11.7. The third-order valence-electron chi connectivity index (χ3n) is 2.88. The van der Waals surface area contributed by atoms with Crippen LogP contribution >= 0.6 is 11.6 Å². The maximum Gasteiger partial charge on any atom is 0.260 e. The second kappa shape index (κ2) is 8.02. The topological polar surface area (TPSA) is 41.6 Å². The van der Waals surface area contributed by atoms with Crippen LogP contribution in [0.5, 0.6) is 5.75 Å². The van der Waals surface area contributed by atoms with E-state index in [4.69, 9.17) is 16.3 Å². The van der Waals surface area contributed by atoms with Gasteiger partial charge in [-0.3, -0.25) is 4.79 Å². The molecule has 1 amide bonds. The van der Waals surface area contributed by atoms with Crippen LogP contribution in [-0.4, -0.2) is 37.6 Å². The molecule has 4 nitrogen and oxygen atoms in total. The fraction of sp³-hybridized carbons (Fsp3) is 0.500. The van der Waals surface area contributed by atoms with Gasteiger partial charge in [0.15, 0.2) is 6.61 Å². The summed E-state index contributed by atoms with van der Waals surface area (Å²) in [6.45, 7) is 6.13. The first-order valence-electron chi connectivity index (χ1n) is 6.45. The number of nitrogens with zero attached hydrogens (tertiary/aromatic N) is 1. The number of carbonyl (C=O) groups excluding carboxylic acids is 1. The van der Waals surface area contributed by atoms with Crippen LogP contribution in [0, 0.1) is 0 Å². The summed E-state index contributed by atoms with van der Waals surface area (Å²) in [4.78, 5) is 13.3. The molecule has 0 aliphatic heterocycles. The van der Waals surface area contributed by atoms with E-state index in [1.807, 2.05) is 32.0 Å². The van der Waals surface area contributed by atoms with Crippen LogP contribution in [-0.2, 0) is 11.3 Å². The van der Waals surface area contributed by atoms with Gasteiger partial charge >= 0.3 is 0 Å². The highest BCUT2D eigenvalue weighted by molar-refractivity contribution is 6.31. The van der Waals surface area contributed by atoms with Gasteiger partial charge in [0.05, 0.1) is 0 Å². The highest BCUT2D eigenvalue weighted by Crippen LogP contribution is 2.26. The maximum atomic E-state index is 11.7. The van der Waals surface area contributed by atoms with Crippen LogP contribution in [0.4, 0.5) is 0 Å². The van der Waals surface area contributed by atoms with E-state index in [1.54, 1.807) is 11.9 Å². The molecule has 19 heavy (non-hydrogen) atoms. The van der Waals surface area contributed by atoms with Crippen molar-refractivity contribution in [2.75, 3.05) is 26.7 Å². The van der Waals surface area contributed by atoms with E-state index in [-0.39, 0.29) is 12.5 Å². The van der Waals surface area contributed by atoms with Gasteiger partial charge in [-0.2, -0.15) is 0 Å². The fourth-order valence-corrected chi connectivity index (χ4v) is 1.75. The van der Waals surface area contributed by atoms with E-state index in [1.165, 1.54) is 0 Å². The Morgan fingerprint density at radius 3 is 2.79 bits per heavy atom. The second-order valence-electron chi connectivity index (χ2n) is 4.19. The summed E-state index contributed by atoms with van der Waals surface area (Å²) in [5, 5.41) is 3.86. The zero-order valence-corrected chi connectivity index (χ0v) is 12.5. The lowest BCUT2D eigenvalue weighted by atomic mass is 10.2. The molecule has 0 radical (unpaired) electrons. The average molecular weight is 285 g/mol. The molecule has 0 saturated carbocycles. The predicted molar refractivity (Wildman–Crippen MR) is 77.6 cm³/mol. The number of likely N-dealkylation sites (N-methyl/N-ethyl adjacent to an activating group) is 1. The van der Waals surface area contributed by atoms with Gasteiger partial charge in [0.25, 0.3) is 5.91 Å². The van der Waals surface area contributed by atoms with Crippen molar-refractivity contribution >= 4 is 17.5 Å². The predicted octanol–water partition coefficient (Wildman–Crippen LogP) is 2.31. The van der Waals surface area contributed by atoms with Crippen LogP contribution < -0.4 is 10.1 Å². The van der Waals surface area contributed by atoms with E-state index in [0.717, 1.165) is 12.1 Å². The lowest BCUT2D eigenvalue weighted by Crippen LogP contribution is -2.31. The van der Waals surface area contributed by atoms with E-state index in [9.17, 15) is 4.79 Å². The van der Waals surface area contributed by atoms with Crippen molar-refractivity contribution in [1.29, 1.82) is 0 Å². The molecule has 0 aliphatic carbocycles. The molecular weight excluding hydrogens is 264 g/mol. The first kappa shape index (κ1) is 15.8. The largest absolute Gasteiger partial charge is 0.483 e. The zero-order chi connectivity index (χ0) is 14.3. The summed E-state index contributed by atoms with van der Waals surface area (Å²) in [7, 11) is 1.75. The molecule has 0 aromatic heterocycles. The fourth-order valence-electron chi connectivity index (χ4n) is 1.52. The van der Waals surface area contributed by atoms with Crippen molar-refractivity contribution in [3.63, 3.8) is 0 Å². The second-order valence-corrected chi connectivity index (χ2v) is 4.60. The van der Waals surface area contributed by atoms with Gasteiger partial charge in [-0.25, -0.2) is 0 Å². The van der Waals surface area contributed by atoms with Gasteiger partial charge in [-0.1, -0.05) is 24.6 Å². The van der Waals surface area contributed by atoms with Crippen LogP contribution in [0.3, 0.4) is 0 Å². The van der Waals surface area contributed by atoms with E-state index >= 15 is 0 Å². The van der Waals surface area contributed by atoms with Gasteiger partial charge in [0, 0.05) is 30.7 Å². The number of ether oxygens (including phenoxy) is 1. The Labute approximate surface area is 119 Å². The van der Waals surface area contributed by atoms with Gasteiger partial charge in [-0.05, 0) is 25.6 Å². The Morgan fingerprint density at radius 1 is 1.42 bits per heavy atom. The maximum absolute atomic E-state index is 11.7. The number of halogens is 1. The molecule has 0 saturated heterocycles. The number of amides is 1. The van der Waals surface area contributed by atoms with Crippen LogP contribution in [0.2, 0.25) is 5.02 Å². The van der Waals surface area contributed by atoms with Crippen molar-refractivity contribution in [2.24, 2.45) is 0 Å². The van der Waals surface area contributed by atoms with Crippen LogP contribution in [0.1, 0.15) is 19.4 Å². The van der Waals surface area contributed by atoms with Gasteiger partial charge in [0.2, 0.25) is 0 Å². The molecule has 0 heterocycles. The van der Waals surface area contributed by atoms with E-state index in [2.05, 4.69) is 5.32 Å². The Balaban J connectivity index is 2.72. The minimum atomic E-state index is -0.0446. The van der Waals surface area contributed by atoms with Crippen molar-refractivity contribution in [1.82, 2.24) is 10.2 Å². The molecule has 0 spiro atoms. The minimum Gasteiger partial charge on any atom is -0.483 e. The molecule has 0 aliphatic rings. The van der Waals surface area contributed by atoms with Crippen molar-refractivity contribution in [2.45, 2.75) is 20.4 Å². The van der Waals surface area contributed by atoms with Crippen molar-refractivity contribution in [3.05, 3.63) is 28.8 Å². The molecule has 5 heteroatoms. The summed E-state index contributed by atoms with van der Waals surface area (Å²) < 4.78 is 5.58. The Kier molecular flexibility index (Phi) is 6.67. The lowest BCUT2D eigenvalue weighted by Gasteiger charge is -2.17. The van der Waals surface area contributed by atoms with Gasteiger partial charge in [0.1, 0.15) is 5.75 Å². The highest BCUT2D eigenvalue weighted by Gasteiger charge is 2.11. The van der Waals surface area contributed by atoms with Gasteiger partial charge in [-0.15, -0.1) is 0 Å². The summed E-state index contributed by atoms with van der Waals surface area (Å²) in [6.07, 6.45) is 0. The summed E-state index contributed by atoms with van der Waals surface area (Å²) >= 11 is 6.15. The molecule has 0 atom stereocenters. The molecule has 1 rings (SSSR count). The first-order valence-corrected chi connectivity index (χ1v) is 6.82. The first-order chi connectivity index (χ1) is 9.10. The standard InChI is InChI=1S/C14H21ClN2O2/c1-4-16-9-11-12(15)7-6-8-13(11)19-10-14(18)17(3)5-2/h6-8,16H,4-5,9-10H2,1-3H3. The van der Waals surface area contributed by atoms with Crippen LogP contribution in [0.15, 0.2) is 18.2 Å². The highest BCUT2D eigenvalue weighted by atomic mass is 35.5. The molecule has 0 fully saturated rings. The van der Waals surface area contributed by atoms with Crippen molar-refractivity contribution in [3.8, 4) is 5.75 Å². The molecule has 106 valence electrons. The number of nitrogens with one attached hydrogen (secondary N) is 1. The molecule has 1 N–H and O–H groups in total. The number of hydrogen-bond donors (Lipinski definition) is 1. The smallest absolute Gasteiger partial charge is 0.260 e. The third kappa shape index (κ3) is 4.73. The summed E-state index contributed by atoms with van der Waals surface area (Å²) in [6, 6.07) is 5.47. The average Bonchev–Trinajstić information content (AvgIpc) is 2.42. The Bertz CT molecular complexity index is 424. The van der Waals surface area contributed by atoms with E-state index < -0.39 is 0 Å². The quantitative estimate of drug-likeness (QED) is 0.835. The number of carbonyl (C=O) groups is 1. The molecular formula is C14H21ClN2O2. The van der Waals surface area contributed by atoms with Crippen LogP contribution in [0.25, 0.3) is 0 Å². The normalized spacial score (nSPS) is 10.3. The molecule has 0 unspecified atom stereocenters. The Hall–Kier alpha value is -1.26.